The molecule has 0 N–H and O–H groups in total. The molecule has 0 aliphatic carbocycles. The van der Waals surface area contributed by atoms with Gasteiger partial charge in [-0.15, -0.1) is 0 Å². The number of aromatic nitrogens is 3. The van der Waals surface area contributed by atoms with E-state index in [0.717, 1.165) is 44.5 Å². The van der Waals surface area contributed by atoms with Gasteiger partial charge in [0.05, 0.1) is 11.2 Å². The number of benzene rings is 1. The van der Waals surface area contributed by atoms with Gasteiger partial charge in [-0.3, -0.25) is 14.6 Å². The number of hydrogen-bond donors (Lipinski definition) is 0. The minimum absolute atomic E-state index is 0.0729. The third-order valence-electron chi connectivity index (χ3n) is 8.65. The van der Waals surface area contributed by atoms with E-state index in [0.29, 0.717) is 5.82 Å². The van der Waals surface area contributed by atoms with Crippen LogP contribution in [0.15, 0.2) is 61.2 Å². The van der Waals surface area contributed by atoms with Crippen LogP contribution >= 0.6 is 23.2 Å². The monoisotopic (exact) mass is 532 g/mol. The van der Waals surface area contributed by atoms with Crippen LogP contribution in [0.3, 0.4) is 0 Å². The first-order valence-corrected chi connectivity index (χ1v) is 13.5. The zero-order chi connectivity index (χ0) is 25.4. The molecule has 0 bridgehead atoms. The van der Waals surface area contributed by atoms with Crippen LogP contribution in [0.2, 0.25) is 10.4 Å². The molecule has 2 atom stereocenters. The minimum atomic E-state index is -0.778. The molecule has 3 aromatic rings. The lowest BCUT2D eigenvalue weighted by Gasteiger charge is -2.61. The maximum absolute atomic E-state index is 14.9. The number of halogens is 2. The summed E-state index contributed by atoms with van der Waals surface area (Å²) in [4.78, 5) is 29.1. The standard InChI is InChI=1S/C28H26Cl2N6O/c1-2-27-9-5-11-35-12-8-20-19-6-3-4-7-21(19)36(13-10-27)24(20)28(27,35)25(37)34-16-14-33(15-17-34)23-18-22(29)31-26(30)32-23/h3-4,6-7,10,13-18H,2,5,8-9,11-12H2,1H3/t27-,28-/m1/s1. The fourth-order valence-corrected chi connectivity index (χ4v) is 7.49. The Morgan fingerprint density at radius 1 is 1.05 bits per heavy atom. The van der Waals surface area contributed by atoms with Crippen molar-refractivity contribution >= 4 is 52.0 Å². The van der Waals surface area contributed by atoms with Crippen molar-refractivity contribution in [3.63, 3.8) is 0 Å². The molecule has 6 heterocycles. The summed E-state index contributed by atoms with van der Waals surface area (Å²) in [5, 5.41) is 1.58. The quantitative estimate of drug-likeness (QED) is 0.317. The number of anilines is 1. The molecule has 4 aliphatic rings. The Balaban J connectivity index is 1.37. The molecule has 0 unspecified atom stereocenters. The molecule has 0 saturated carbocycles. The molecule has 9 heteroatoms. The van der Waals surface area contributed by atoms with Crippen LogP contribution in [0.4, 0.5) is 5.82 Å². The second-order valence-electron chi connectivity index (χ2n) is 10.1. The first kappa shape index (κ1) is 23.0. The topological polar surface area (TPSA) is 57.5 Å². The van der Waals surface area contributed by atoms with Crippen molar-refractivity contribution in [1.29, 1.82) is 0 Å². The number of nitrogens with zero attached hydrogens (tertiary/aromatic N) is 6. The number of piperidine rings is 1. The van der Waals surface area contributed by atoms with E-state index in [9.17, 15) is 4.79 Å². The molecule has 1 fully saturated rings. The SMILES string of the molecule is CC[C@]12C=Cn3c4c(c5ccccc53)CCN(CCC1)[C@@]42C(=O)N1C=CN(c2cc(Cl)nc(Cl)n2)C=C1. The van der Waals surface area contributed by atoms with Gasteiger partial charge in [-0.1, -0.05) is 42.8 Å². The highest BCUT2D eigenvalue weighted by Crippen LogP contribution is 2.60. The van der Waals surface area contributed by atoms with Crippen LogP contribution in [0.1, 0.15) is 37.4 Å². The summed E-state index contributed by atoms with van der Waals surface area (Å²) in [5.74, 6) is 0.614. The van der Waals surface area contributed by atoms with Gasteiger partial charge in [-0.25, -0.2) is 4.98 Å². The summed E-state index contributed by atoms with van der Waals surface area (Å²) in [7, 11) is 0. The maximum Gasteiger partial charge on any atom is 0.258 e. The fraction of sp³-hybridized carbons (Fsp3) is 0.321. The van der Waals surface area contributed by atoms with E-state index in [4.69, 9.17) is 23.2 Å². The molecule has 1 saturated heterocycles. The minimum Gasteiger partial charge on any atom is -0.318 e. The Labute approximate surface area is 225 Å². The van der Waals surface area contributed by atoms with Gasteiger partial charge < -0.3 is 9.47 Å². The molecule has 1 aromatic carbocycles. The third-order valence-corrected chi connectivity index (χ3v) is 9.01. The van der Waals surface area contributed by atoms with Gasteiger partial charge in [0.2, 0.25) is 5.28 Å². The lowest BCUT2D eigenvalue weighted by atomic mass is 9.57. The molecule has 0 spiro atoms. The van der Waals surface area contributed by atoms with Crippen molar-refractivity contribution in [3.05, 3.63) is 82.9 Å². The molecule has 0 radical (unpaired) electrons. The summed E-state index contributed by atoms with van der Waals surface area (Å²) in [6, 6.07) is 10.2. The van der Waals surface area contributed by atoms with E-state index in [-0.39, 0.29) is 21.8 Å². The van der Waals surface area contributed by atoms with Crippen molar-refractivity contribution in [2.24, 2.45) is 5.41 Å². The highest BCUT2D eigenvalue weighted by Gasteiger charge is 2.65. The highest BCUT2D eigenvalue weighted by atomic mass is 35.5. The zero-order valence-corrected chi connectivity index (χ0v) is 22.0. The van der Waals surface area contributed by atoms with Crippen LogP contribution < -0.4 is 4.90 Å². The number of amides is 1. The van der Waals surface area contributed by atoms with E-state index in [1.807, 2.05) is 12.4 Å². The summed E-state index contributed by atoms with van der Waals surface area (Å²) in [6.07, 6.45) is 15.7. The van der Waals surface area contributed by atoms with Crippen LogP contribution in [0.25, 0.3) is 17.1 Å². The second-order valence-corrected chi connectivity index (χ2v) is 10.8. The molecular weight excluding hydrogens is 507 g/mol. The summed E-state index contributed by atoms with van der Waals surface area (Å²) in [6.45, 7) is 4.00. The van der Waals surface area contributed by atoms with Crippen LogP contribution in [0.5, 0.6) is 0 Å². The van der Waals surface area contributed by atoms with E-state index in [1.165, 1.54) is 16.5 Å². The van der Waals surface area contributed by atoms with Crippen molar-refractivity contribution in [2.75, 3.05) is 18.0 Å². The Hall–Kier alpha value is -3.13. The van der Waals surface area contributed by atoms with Gasteiger partial charge in [0.15, 0.2) is 5.54 Å². The average Bonchev–Trinajstić information content (AvgIpc) is 3.26. The fourth-order valence-electron chi connectivity index (χ4n) is 7.09. The van der Waals surface area contributed by atoms with Gasteiger partial charge in [0.25, 0.3) is 5.91 Å². The average molecular weight is 533 g/mol. The molecule has 4 aliphatic heterocycles. The van der Waals surface area contributed by atoms with Crippen LogP contribution in [-0.4, -0.2) is 43.3 Å². The Bertz CT molecular complexity index is 1510. The predicted molar refractivity (Wildman–Crippen MR) is 146 cm³/mol. The normalized spacial score (nSPS) is 26.1. The summed E-state index contributed by atoms with van der Waals surface area (Å²) >= 11 is 12.1. The van der Waals surface area contributed by atoms with Gasteiger partial charge >= 0.3 is 0 Å². The lowest BCUT2D eigenvalue weighted by Crippen LogP contribution is -2.70. The van der Waals surface area contributed by atoms with Gasteiger partial charge in [0, 0.05) is 54.4 Å². The van der Waals surface area contributed by atoms with Crippen molar-refractivity contribution in [2.45, 2.75) is 38.1 Å². The van der Waals surface area contributed by atoms with Gasteiger partial charge in [0.1, 0.15) is 11.0 Å². The van der Waals surface area contributed by atoms with E-state index in [1.54, 1.807) is 28.3 Å². The molecule has 188 valence electrons. The zero-order valence-electron chi connectivity index (χ0n) is 20.4. The molecule has 1 amide bonds. The van der Waals surface area contributed by atoms with Crippen LogP contribution in [-0.2, 0) is 16.8 Å². The highest BCUT2D eigenvalue weighted by molar-refractivity contribution is 6.32. The number of para-hydroxylation sites is 1. The molecule has 37 heavy (non-hydrogen) atoms. The van der Waals surface area contributed by atoms with E-state index in [2.05, 4.69) is 62.9 Å². The Kier molecular flexibility index (Phi) is 5.09. The number of fused-ring (bicyclic) bond motifs is 3. The number of rotatable bonds is 3. The molecular formula is C28H26Cl2N6O. The molecule has 7 rings (SSSR count). The van der Waals surface area contributed by atoms with Crippen LogP contribution in [0, 0.1) is 5.41 Å². The number of hydrogen-bond acceptors (Lipinski definition) is 5. The van der Waals surface area contributed by atoms with E-state index >= 15 is 0 Å². The number of carbonyl (C=O) groups is 1. The maximum atomic E-state index is 14.9. The first-order chi connectivity index (χ1) is 18.0. The summed E-state index contributed by atoms with van der Waals surface area (Å²) in [5.41, 5.74) is 2.56. The van der Waals surface area contributed by atoms with Crippen molar-refractivity contribution in [3.8, 4) is 0 Å². The van der Waals surface area contributed by atoms with Gasteiger partial charge in [-0.05, 0) is 55.5 Å². The molecule has 2 aromatic heterocycles. The number of carbonyl (C=O) groups excluding carboxylic acids is 1. The predicted octanol–water partition coefficient (Wildman–Crippen LogP) is 5.76. The summed E-state index contributed by atoms with van der Waals surface area (Å²) < 4.78 is 2.28. The molecule has 7 nitrogen and oxygen atoms in total. The van der Waals surface area contributed by atoms with Crippen molar-refractivity contribution in [1.82, 2.24) is 24.3 Å². The lowest BCUT2D eigenvalue weighted by molar-refractivity contribution is -0.158. The Morgan fingerprint density at radius 3 is 2.65 bits per heavy atom. The van der Waals surface area contributed by atoms with Crippen molar-refractivity contribution < 1.29 is 4.79 Å². The largest absolute Gasteiger partial charge is 0.318 e. The second kappa shape index (κ2) is 8.18. The Morgan fingerprint density at radius 2 is 1.86 bits per heavy atom. The smallest absolute Gasteiger partial charge is 0.258 e. The third kappa shape index (κ3) is 3.02. The van der Waals surface area contributed by atoms with Gasteiger partial charge in [-0.2, -0.15) is 4.98 Å². The van der Waals surface area contributed by atoms with E-state index < -0.39 is 5.54 Å². The first-order valence-electron chi connectivity index (χ1n) is 12.7.